The van der Waals surface area contributed by atoms with E-state index in [9.17, 15) is 4.79 Å². The number of aryl methyl sites for hydroxylation is 2. The minimum atomic E-state index is -0.0252. The second kappa shape index (κ2) is 9.09. The Morgan fingerprint density at radius 1 is 1.10 bits per heavy atom. The second-order valence-electron chi connectivity index (χ2n) is 7.13. The number of nitrogens with one attached hydrogen (secondary N) is 1. The van der Waals surface area contributed by atoms with E-state index in [1.54, 1.807) is 12.5 Å². The van der Waals surface area contributed by atoms with Crippen LogP contribution in [0.25, 0.3) is 16.6 Å². The topological polar surface area (TPSA) is 72.7 Å². The molecule has 4 aromatic rings. The maximum atomic E-state index is 12.3. The summed E-state index contributed by atoms with van der Waals surface area (Å²) in [7, 11) is 0. The quantitative estimate of drug-likeness (QED) is 0.462. The molecule has 0 radical (unpaired) electrons. The zero-order valence-corrected chi connectivity index (χ0v) is 17.8. The van der Waals surface area contributed by atoms with Gasteiger partial charge < -0.3 is 5.32 Å². The standard InChI is InChI=1S/C23H23N5OS/c1-16-8-9-20(13-17(16)2)28-15-26-27-23(28)30-14-21(29)24-12-10-19-6-3-5-18-7-4-11-25-22(18)19/h3-9,11,13,15H,10,12,14H2,1-2H3,(H,24,29). The molecule has 7 heteroatoms. The summed E-state index contributed by atoms with van der Waals surface area (Å²) < 4.78 is 1.91. The van der Waals surface area contributed by atoms with Gasteiger partial charge in [0.15, 0.2) is 5.16 Å². The van der Waals surface area contributed by atoms with Crippen LogP contribution in [0, 0.1) is 13.8 Å². The van der Waals surface area contributed by atoms with E-state index in [1.807, 2.05) is 34.9 Å². The number of nitrogens with zero attached hydrogens (tertiary/aromatic N) is 4. The van der Waals surface area contributed by atoms with Crippen molar-refractivity contribution in [1.82, 2.24) is 25.1 Å². The van der Waals surface area contributed by atoms with Crippen LogP contribution in [-0.2, 0) is 11.2 Å². The van der Waals surface area contributed by atoms with Crippen LogP contribution in [0.2, 0.25) is 0 Å². The zero-order valence-electron chi connectivity index (χ0n) is 17.0. The smallest absolute Gasteiger partial charge is 0.230 e. The van der Waals surface area contributed by atoms with Crippen molar-refractivity contribution < 1.29 is 4.79 Å². The fourth-order valence-electron chi connectivity index (χ4n) is 3.26. The van der Waals surface area contributed by atoms with E-state index in [0.717, 1.165) is 28.6 Å². The van der Waals surface area contributed by atoms with E-state index in [2.05, 4.69) is 52.5 Å². The van der Waals surface area contributed by atoms with E-state index in [1.165, 1.54) is 22.9 Å². The van der Waals surface area contributed by atoms with Crippen molar-refractivity contribution in [1.29, 1.82) is 0 Å². The average molecular weight is 418 g/mol. The molecule has 6 nitrogen and oxygen atoms in total. The molecule has 1 amide bonds. The highest BCUT2D eigenvalue weighted by Crippen LogP contribution is 2.21. The number of benzene rings is 2. The fourth-order valence-corrected chi connectivity index (χ4v) is 4.02. The summed E-state index contributed by atoms with van der Waals surface area (Å²) in [4.78, 5) is 16.8. The molecule has 2 heterocycles. The lowest BCUT2D eigenvalue weighted by Crippen LogP contribution is -2.27. The number of pyridine rings is 1. The summed E-state index contributed by atoms with van der Waals surface area (Å²) in [5, 5.41) is 13.0. The Bertz CT molecular complexity index is 1180. The first-order valence-electron chi connectivity index (χ1n) is 9.81. The van der Waals surface area contributed by atoms with Crippen molar-refractivity contribution in [3.05, 3.63) is 77.7 Å². The van der Waals surface area contributed by atoms with Crippen LogP contribution in [0.5, 0.6) is 0 Å². The number of carbonyl (C=O) groups excluding carboxylic acids is 1. The van der Waals surface area contributed by atoms with Gasteiger partial charge in [0.25, 0.3) is 0 Å². The van der Waals surface area contributed by atoms with Gasteiger partial charge in [0, 0.05) is 23.8 Å². The van der Waals surface area contributed by atoms with E-state index in [0.29, 0.717) is 11.7 Å². The molecule has 0 fully saturated rings. The molecular weight excluding hydrogens is 394 g/mol. The van der Waals surface area contributed by atoms with Gasteiger partial charge in [0.05, 0.1) is 11.3 Å². The number of hydrogen-bond acceptors (Lipinski definition) is 5. The Kier molecular flexibility index (Phi) is 6.09. The molecule has 0 saturated heterocycles. The van der Waals surface area contributed by atoms with Crippen molar-refractivity contribution in [2.75, 3.05) is 12.3 Å². The van der Waals surface area contributed by atoms with Crippen LogP contribution in [0.15, 0.2) is 66.2 Å². The lowest BCUT2D eigenvalue weighted by molar-refractivity contribution is -0.118. The Labute approximate surface area is 179 Å². The van der Waals surface area contributed by atoms with Crippen LogP contribution < -0.4 is 5.32 Å². The molecule has 0 aliphatic rings. The molecule has 0 bridgehead atoms. The van der Waals surface area contributed by atoms with Crippen molar-refractivity contribution in [3.8, 4) is 5.69 Å². The van der Waals surface area contributed by atoms with Crippen molar-refractivity contribution in [2.45, 2.75) is 25.4 Å². The maximum Gasteiger partial charge on any atom is 0.230 e. The van der Waals surface area contributed by atoms with Crippen LogP contribution in [0.3, 0.4) is 0 Å². The predicted octanol–water partition coefficient (Wildman–Crippen LogP) is 3.88. The number of aromatic nitrogens is 4. The third kappa shape index (κ3) is 4.52. The summed E-state index contributed by atoms with van der Waals surface area (Å²) in [5.41, 5.74) is 5.56. The van der Waals surface area contributed by atoms with Crippen molar-refractivity contribution >= 4 is 28.6 Å². The van der Waals surface area contributed by atoms with E-state index >= 15 is 0 Å². The highest BCUT2D eigenvalue weighted by atomic mass is 32.2. The van der Waals surface area contributed by atoms with E-state index in [4.69, 9.17) is 0 Å². The summed E-state index contributed by atoms with van der Waals surface area (Å²) in [5.74, 6) is 0.264. The van der Waals surface area contributed by atoms with Crippen LogP contribution >= 0.6 is 11.8 Å². The van der Waals surface area contributed by atoms with Gasteiger partial charge in [-0.3, -0.25) is 14.3 Å². The van der Waals surface area contributed by atoms with Crippen LogP contribution in [0.1, 0.15) is 16.7 Å². The van der Waals surface area contributed by atoms with Crippen LogP contribution in [0.4, 0.5) is 0 Å². The number of thioether (sulfide) groups is 1. The Hall–Kier alpha value is -3.19. The third-order valence-corrected chi connectivity index (χ3v) is 5.99. The summed E-state index contributed by atoms with van der Waals surface area (Å²) in [6, 6.07) is 16.3. The largest absolute Gasteiger partial charge is 0.355 e. The van der Waals surface area contributed by atoms with Gasteiger partial charge in [-0.05, 0) is 55.2 Å². The third-order valence-electron chi connectivity index (χ3n) is 5.05. The Morgan fingerprint density at radius 3 is 2.83 bits per heavy atom. The molecule has 0 atom stereocenters. The number of rotatable bonds is 7. The van der Waals surface area contributed by atoms with E-state index in [-0.39, 0.29) is 11.7 Å². The highest BCUT2D eigenvalue weighted by Gasteiger charge is 2.11. The fraction of sp³-hybridized carbons (Fsp3) is 0.217. The van der Waals surface area contributed by atoms with Gasteiger partial charge in [0.2, 0.25) is 5.91 Å². The van der Waals surface area contributed by atoms with E-state index < -0.39 is 0 Å². The highest BCUT2D eigenvalue weighted by molar-refractivity contribution is 7.99. The molecule has 2 aromatic heterocycles. The molecule has 2 aromatic carbocycles. The molecule has 0 saturated carbocycles. The molecular formula is C23H23N5OS. The Morgan fingerprint density at radius 2 is 1.97 bits per heavy atom. The number of fused-ring (bicyclic) bond motifs is 1. The summed E-state index contributed by atoms with van der Waals surface area (Å²) in [6.07, 6.45) is 4.22. The monoisotopic (exact) mass is 417 g/mol. The second-order valence-corrected chi connectivity index (χ2v) is 8.08. The number of hydrogen-bond donors (Lipinski definition) is 1. The first-order valence-corrected chi connectivity index (χ1v) is 10.8. The van der Waals surface area contributed by atoms with Gasteiger partial charge >= 0.3 is 0 Å². The SMILES string of the molecule is Cc1ccc(-n2cnnc2SCC(=O)NCCc2cccc3cccnc23)cc1C. The Balaban J connectivity index is 1.32. The van der Waals surface area contributed by atoms with Crippen LogP contribution in [-0.4, -0.2) is 38.0 Å². The first kappa shape index (κ1) is 20.1. The molecule has 30 heavy (non-hydrogen) atoms. The van der Waals surface area contributed by atoms with Crippen molar-refractivity contribution in [2.24, 2.45) is 0 Å². The number of amides is 1. The molecule has 4 rings (SSSR count). The first-order chi connectivity index (χ1) is 14.6. The molecule has 0 unspecified atom stereocenters. The van der Waals surface area contributed by atoms with Gasteiger partial charge in [-0.25, -0.2) is 0 Å². The number of para-hydroxylation sites is 1. The number of carbonyl (C=O) groups is 1. The summed E-state index contributed by atoms with van der Waals surface area (Å²) in [6.45, 7) is 4.73. The maximum absolute atomic E-state index is 12.3. The predicted molar refractivity (Wildman–Crippen MR) is 120 cm³/mol. The summed E-state index contributed by atoms with van der Waals surface area (Å²) >= 11 is 1.38. The van der Waals surface area contributed by atoms with Crippen molar-refractivity contribution in [3.63, 3.8) is 0 Å². The molecule has 0 aliphatic carbocycles. The molecule has 0 aliphatic heterocycles. The minimum absolute atomic E-state index is 0.0252. The lowest BCUT2D eigenvalue weighted by atomic mass is 10.1. The molecule has 1 N–H and O–H groups in total. The molecule has 0 spiro atoms. The normalized spacial score (nSPS) is 11.0. The van der Waals surface area contributed by atoms with Gasteiger partial charge in [-0.1, -0.05) is 42.1 Å². The zero-order chi connectivity index (χ0) is 20.9. The van der Waals surface area contributed by atoms with Gasteiger partial charge in [0.1, 0.15) is 6.33 Å². The van der Waals surface area contributed by atoms with Gasteiger partial charge in [-0.2, -0.15) is 0 Å². The minimum Gasteiger partial charge on any atom is -0.355 e. The lowest BCUT2D eigenvalue weighted by Gasteiger charge is -2.09. The average Bonchev–Trinajstić information content (AvgIpc) is 3.23. The van der Waals surface area contributed by atoms with Gasteiger partial charge in [-0.15, -0.1) is 10.2 Å². The molecule has 152 valence electrons.